The molecule has 1 aromatic heterocycles. The Kier molecular flexibility index (Phi) is 3.63. The summed E-state index contributed by atoms with van der Waals surface area (Å²) in [6.45, 7) is 0.0695. The lowest BCUT2D eigenvalue weighted by Crippen LogP contribution is -2.12. The molecular weight excluding hydrogens is 254 g/mol. The van der Waals surface area contributed by atoms with E-state index in [-0.39, 0.29) is 11.5 Å². The number of rotatable bonds is 5. The first kappa shape index (κ1) is 12.6. The highest BCUT2D eigenvalue weighted by molar-refractivity contribution is 7.92. The van der Waals surface area contributed by atoms with Gasteiger partial charge in [0.05, 0.1) is 6.20 Å². The van der Waals surface area contributed by atoms with Gasteiger partial charge in [0, 0.05) is 18.5 Å². The molecule has 3 N–H and O–H groups in total. The lowest BCUT2D eigenvalue weighted by molar-refractivity contribution is 0.299. The maximum Gasteiger partial charge on any atom is 0.265 e. The molecule has 2 aromatic rings. The largest absolute Gasteiger partial charge is 0.396 e. The Hall–Kier alpha value is -1.86. The number of aliphatic hydroxyl groups excluding tert-OH is 1. The van der Waals surface area contributed by atoms with Gasteiger partial charge in [0.1, 0.15) is 4.90 Å². The molecule has 0 spiro atoms. The second kappa shape index (κ2) is 5.19. The highest BCUT2D eigenvalue weighted by Crippen LogP contribution is 2.15. The Morgan fingerprint density at radius 2 is 2.00 bits per heavy atom. The van der Waals surface area contributed by atoms with Crippen molar-refractivity contribution in [3.8, 4) is 0 Å². The van der Waals surface area contributed by atoms with Gasteiger partial charge in [0.25, 0.3) is 10.0 Å². The average Bonchev–Trinajstić information content (AvgIpc) is 2.86. The molecule has 0 amide bonds. The van der Waals surface area contributed by atoms with Crippen molar-refractivity contribution in [1.82, 2.24) is 10.2 Å². The van der Waals surface area contributed by atoms with E-state index >= 15 is 0 Å². The second-order valence-electron chi connectivity index (χ2n) is 3.71. The quantitative estimate of drug-likeness (QED) is 0.744. The predicted octanol–water partition coefficient (Wildman–Crippen LogP) is 0.745. The molecule has 18 heavy (non-hydrogen) atoms. The number of sulfonamides is 1. The normalized spacial score (nSPS) is 11.4. The highest BCUT2D eigenvalue weighted by Gasteiger charge is 2.14. The number of nitrogens with one attached hydrogen (secondary N) is 2. The smallest absolute Gasteiger partial charge is 0.265 e. The van der Waals surface area contributed by atoms with Crippen LogP contribution in [0.15, 0.2) is 41.6 Å². The van der Waals surface area contributed by atoms with Crippen molar-refractivity contribution in [2.24, 2.45) is 0 Å². The molecule has 0 aliphatic carbocycles. The zero-order chi connectivity index (χ0) is 13.0. The van der Waals surface area contributed by atoms with E-state index in [1.165, 1.54) is 12.4 Å². The Morgan fingerprint density at radius 1 is 1.28 bits per heavy atom. The Morgan fingerprint density at radius 3 is 2.56 bits per heavy atom. The zero-order valence-corrected chi connectivity index (χ0v) is 10.3. The molecule has 0 saturated carbocycles. The van der Waals surface area contributed by atoms with Crippen molar-refractivity contribution in [3.63, 3.8) is 0 Å². The van der Waals surface area contributed by atoms with Gasteiger partial charge in [0.15, 0.2) is 0 Å². The van der Waals surface area contributed by atoms with Crippen LogP contribution in [0.1, 0.15) is 5.56 Å². The van der Waals surface area contributed by atoms with Crippen molar-refractivity contribution < 1.29 is 13.5 Å². The molecule has 0 radical (unpaired) electrons. The highest BCUT2D eigenvalue weighted by atomic mass is 32.2. The first-order valence-electron chi connectivity index (χ1n) is 5.33. The third-order valence-corrected chi connectivity index (χ3v) is 3.74. The fraction of sp³-hybridized carbons (Fsp3) is 0.182. The average molecular weight is 267 g/mol. The van der Waals surface area contributed by atoms with Gasteiger partial charge in [0.2, 0.25) is 0 Å². The minimum absolute atomic E-state index is 0.0695. The van der Waals surface area contributed by atoms with Crippen LogP contribution < -0.4 is 4.72 Å². The van der Waals surface area contributed by atoms with E-state index in [1.54, 1.807) is 24.3 Å². The third kappa shape index (κ3) is 2.88. The molecular formula is C11H13N3O3S. The molecule has 0 unspecified atom stereocenters. The molecule has 0 saturated heterocycles. The summed E-state index contributed by atoms with van der Waals surface area (Å²) in [5.74, 6) is 0. The van der Waals surface area contributed by atoms with Crippen LogP contribution in [0.2, 0.25) is 0 Å². The van der Waals surface area contributed by atoms with Crippen LogP contribution in [0, 0.1) is 0 Å². The molecule has 6 nitrogen and oxygen atoms in total. The summed E-state index contributed by atoms with van der Waals surface area (Å²) in [7, 11) is -3.59. The first-order valence-corrected chi connectivity index (χ1v) is 6.81. The van der Waals surface area contributed by atoms with Crippen LogP contribution in [0.5, 0.6) is 0 Å². The summed E-state index contributed by atoms with van der Waals surface area (Å²) in [4.78, 5) is 0.0851. The number of aromatic nitrogens is 2. The number of anilines is 1. The minimum Gasteiger partial charge on any atom is -0.396 e. The number of aromatic amines is 1. The molecule has 0 bridgehead atoms. The number of nitrogens with zero attached hydrogens (tertiary/aromatic N) is 1. The van der Waals surface area contributed by atoms with Crippen molar-refractivity contribution in [2.75, 3.05) is 11.3 Å². The van der Waals surface area contributed by atoms with Gasteiger partial charge < -0.3 is 5.11 Å². The Balaban J connectivity index is 2.14. The lowest BCUT2D eigenvalue weighted by Gasteiger charge is -2.06. The fourth-order valence-electron chi connectivity index (χ4n) is 1.47. The molecule has 0 atom stereocenters. The SMILES string of the molecule is O=S(=O)(Nc1ccc(CCO)cc1)c1cn[nH]c1. The number of H-pyrrole nitrogens is 1. The van der Waals surface area contributed by atoms with Gasteiger partial charge in [-0.15, -0.1) is 0 Å². The van der Waals surface area contributed by atoms with E-state index in [0.717, 1.165) is 5.56 Å². The summed E-state index contributed by atoms with van der Waals surface area (Å²) in [5.41, 5.74) is 1.42. The van der Waals surface area contributed by atoms with Crippen molar-refractivity contribution >= 4 is 15.7 Å². The minimum atomic E-state index is -3.59. The molecule has 96 valence electrons. The maximum atomic E-state index is 11.9. The number of hydrogen-bond acceptors (Lipinski definition) is 4. The summed E-state index contributed by atoms with van der Waals surface area (Å²) >= 11 is 0. The topological polar surface area (TPSA) is 95.1 Å². The monoisotopic (exact) mass is 267 g/mol. The molecule has 0 aliphatic heterocycles. The maximum absolute atomic E-state index is 11.9. The third-order valence-electron chi connectivity index (χ3n) is 2.39. The van der Waals surface area contributed by atoms with Crippen LogP contribution in [0.25, 0.3) is 0 Å². The fourth-order valence-corrected chi connectivity index (χ4v) is 2.43. The van der Waals surface area contributed by atoms with Crippen molar-refractivity contribution in [3.05, 3.63) is 42.2 Å². The van der Waals surface area contributed by atoms with E-state index in [0.29, 0.717) is 12.1 Å². The molecule has 7 heteroatoms. The predicted molar refractivity (Wildman–Crippen MR) is 66.6 cm³/mol. The van der Waals surface area contributed by atoms with Crippen LogP contribution in [0.4, 0.5) is 5.69 Å². The summed E-state index contributed by atoms with van der Waals surface area (Å²) in [6, 6.07) is 6.85. The van der Waals surface area contributed by atoms with Gasteiger partial charge in [-0.1, -0.05) is 12.1 Å². The van der Waals surface area contributed by atoms with Crippen LogP contribution in [0.3, 0.4) is 0 Å². The molecule has 1 heterocycles. The van der Waals surface area contributed by atoms with Crippen molar-refractivity contribution in [1.29, 1.82) is 0 Å². The van der Waals surface area contributed by atoms with Gasteiger partial charge in [-0.05, 0) is 24.1 Å². The van der Waals surface area contributed by atoms with E-state index in [9.17, 15) is 8.42 Å². The van der Waals surface area contributed by atoms with E-state index in [1.807, 2.05) is 0 Å². The number of benzene rings is 1. The Labute approximate surface area is 105 Å². The molecule has 1 aromatic carbocycles. The zero-order valence-electron chi connectivity index (χ0n) is 9.50. The second-order valence-corrected chi connectivity index (χ2v) is 5.39. The van der Waals surface area contributed by atoms with Crippen molar-refractivity contribution in [2.45, 2.75) is 11.3 Å². The lowest BCUT2D eigenvalue weighted by atomic mass is 10.1. The first-order chi connectivity index (χ1) is 8.62. The summed E-state index contributed by atoms with van der Waals surface area (Å²) in [6.07, 6.45) is 3.10. The molecule has 0 aliphatic rings. The van der Waals surface area contributed by atoms with Crippen LogP contribution >= 0.6 is 0 Å². The number of hydrogen-bond donors (Lipinski definition) is 3. The molecule has 2 rings (SSSR count). The van der Waals surface area contributed by atoms with Crippen LogP contribution in [-0.4, -0.2) is 30.3 Å². The van der Waals surface area contributed by atoms with Gasteiger partial charge in [-0.25, -0.2) is 8.42 Å². The number of aliphatic hydroxyl groups is 1. The standard InChI is InChI=1S/C11H13N3O3S/c15-6-5-9-1-3-10(4-2-9)14-18(16,17)11-7-12-13-8-11/h1-4,7-8,14-15H,5-6H2,(H,12,13). The van der Waals surface area contributed by atoms with Gasteiger partial charge in [-0.3, -0.25) is 9.82 Å². The van der Waals surface area contributed by atoms with E-state index in [4.69, 9.17) is 5.11 Å². The van der Waals surface area contributed by atoms with Gasteiger partial charge >= 0.3 is 0 Å². The van der Waals surface area contributed by atoms with E-state index < -0.39 is 10.0 Å². The molecule has 0 fully saturated rings. The van der Waals surface area contributed by atoms with Gasteiger partial charge in [-0.2, -0.15) is 5.10 Å². The Bertz CT molecular complexity index is 591. The summed E-state index contributed by atoms with van der Waals surface area (Å²) in [5, 5.41) is 14.8. The van der Waals surface area contributed by atoms with E-state index in [2.05, 4.69) is 14.9 Å². The van der Waals surface area contributed by atoms with Crippen LogP contribution in [-0.2, 0) is 16.4 Å². The summed E-state index contributed by atoms with van der Waals surface area (Å²) < 4.78 is 26.2.